The van der Waals surface area contributed by atoms with Gasteiger partial charge in [-0.15, -0.1) is 11.3 Å². The molecule has 0 unspecified atom stereocenters. The van der Waals surface area contributed by atoms with Crippen LogP contribution in [0.25, 0.3) is 31.6 Å². The third kappa shape index (κ3) is 5.02. The number of nitrogens with two attached hydrogens (primary N) is 2. The molecule has 2 aromatic heterocycles. The fourth-order valence-corrected chi connectivity index (χ4v) is 7.83. The number of rotatable bonds is 7. The van der Waals surface area contributed by atoms with E-state index >= 15 is 0 Å². The van der Waals surface area contributed by atoms with Gasteiger partial charge in [-0.1, -0.05) is 65.9 Å². The summed E-state index contributed by atoms with van der Waals surface area (Å²) >= 11 is 3.43. The van der Waals surface area contributed by atoms with E-state index in [0.29, 0.717) is 19.4 Å². The van der Waals surface area contributed by atoms with Gasteiger partial charge in [0.15, 0.2) is 5.13 Å². The normalized spacial score (nSPS) is 23.9. The Morgan fingerprint density at radius 1 is 0.947 bits per heavy atom. The molecule has 38 heavy (non-hydrogen) atoms. The maximum atomic E-state index is 10.2. The smallest absolute Gasteiger partial charge is 0.186 e. The van der Waals surface area contributed by atoms with Gasteiger partial charge in [0.2, 0.25) is 0 Å². The van der Waals surface area contributed by atoms with Gasteiger partial charge in [-0.25, -0.2) is 9.97 Å². The Morgan fingerprint density at radius 2 is 1.66 bits per heavy atom. The van der Waals surface area contributed by atoms with Gasteiger partial charge >= 0.3 is 0 Å². The highest BCUT2D eigenvalue weighted by molar-refractivity contribution is 7.25. The zero-order valence-electron chi connectivity index (χ0n) is 21.6. The van der Waals surface area contributed by atoms with Crippen molar-refractivity contribution in [3.05, 3.63) is 66.4 Å². The maximum absolute atomic E-state index is 10.2. The molecule has 5 N–H and O–H groups in total. The summed E-state index contributed by atoms with van der Waals surface area (Å²) in [6, 6.07) is 18.9. The molecule has 1 saturated carbocycles. The molecular weight excluding hydrogens is 512 g/mol. The van der Waals surface area contributed by atoms with Crippen LogP contribution in [0.5, 0.6) is 0 Å². The predicted molar refractivity (Wildman–Crippen MR) is 158 cm³/mol. The SMILES string of the molecule is C[C@]1(O)C[C@](N)(c2ccc(-c3nc(-c4cnc(N5CCN(CCN)CC5)s4)sc3-c3ccccc3)cc2)C1. The van der Waals surface area contributed by atoms with Gasteiger partial charge in [-0.2, -0.15) is 0 Å². The van der Waals surface area contributed by atoms with E-state index in [2.05, 4.69) is 58.3 Å². The maximum Gasteiger partial charge on any atom is 0.186 e. The third-order valence-electron chi connectivity index (χ3n) is 7.58. The van der Waals surface area contributed by atoms with E-state index < -0.39 is 11.1 Å². The van der Waals surface area contributed by atoms with E-state index in [1.807, 2.05) is 19.2 Å². The molecule has 1 aliphatic heterocycles. The second-order valence-electron chi connectivity index (χ2n) is 10.8. The number of hydrogen-bond acceptors (Lipinski definition) is 9. The number of aromatic nitrogens is 2. The topological polar surface area (TPSA) is 105 Å². The molecule has 9 heteroatoms. The van der Waals surface area contributed by atoms with Crippen molar-refractivity contribution in [1.29, 1.82) is 0 Å². The van der Waals surface area contributed by atoms with Crippen LogP contribution in [-0.4, -0.2) is 64.8 Å². The van der Waals surface area contributed by atoms with Crippen molar-refractivity contribution in [1.82, 2.24) is 14.9 Å². The van der Waals surface area contributed by atoms with E-state index in [1.165, 1.54) is 0 Å². The Balaban J connectivity index is 1.29. The monoisotopic (exact) mass is 546 g/mol. The number of anilines is 1. The molecule has 1 saturated heterocycles. The Labute approximate surface area is 231 Å². The first-order valence-electron chi connectivity index (χ1n) is 13.2. The van der Waals surface area contributed by atoms with Gasteiger partial charge in [0, 0.05) is 50.4 Å². The van der Waals surface area contributed by atoms with Crippen molar-refractivity contribution in [2.45, 2.75) is 30.9 Å². The quantitative estimate of drug-likeness (QED) is 0.316. The molecule has 0 bridgehead atoms. The Hall–Kier alpha value is -2.66. The van der Waals surface area contributed by atoms with E-state index in [0.717, 1.165) is 75.0 Å². The summed E-state index contributed by atoms with van der Waals surface area (Å²) in [7, 11) is 0. The van der Waals surface area contributed by atoms with Crippen LogP contribution >= 0.6 is 22.7 Å². The molecule has 2 fully saturated rings. The Morgan fingerprint density at radius 3 is 2.32 bits per heavy atom. The van der Waals surface area contributed by atoms with Crippen LogP contribution in [0.15, 0.2) is 60.8 Å². The first-order valence-corrected chi connectivity index (χ1v) is 14.8. The molecule has 0 radical (unpaired) electrons. The Kier molecular flexibility index (Phi) is 6.84. The molecular formula is C29H34N6OS2. The molecule has 2 aromatic carbocycles. The van der Waals surface area contributed by atoms with Crippen LogP contribution in [0.3, 0.4) is 0 Å². The molecule has 3 heterocycles. The van der Waals surface area contributed by atoms with Gasteiger partial charge < -0.3 is 21.5 Å². The van der Waals surface area contributed by atoms with Crippen LogP contribution in [0.1, 0.15) is 25.3 Å². The molecule has 0 spiro atoms. The van der Waals surface area contributed by atoms with Crippen LogP contribution in [0, 0.1) is 0 Å². The van der Waals surface area contributed by atoms with Crippen molar-refractivity contribution >= 4 is 27.8 Å². The lowest BCUT2D eigenvalue weighted by atomic mass is 9.63. The highest BCUT2D eigenvalue weighted by atomic mass is 32.1. The minimum atomic E-state index is -0.677. The number of piperazine rings is 1. The first kappa shape index (κ1) is 25.6. The van der Waals surface area contributed by atoms with Gasteiger partial charge in [0.05, 0.1) is 27.2 Å². The second-order valence-corrected chi connectivity index (χ2v) is 12.8. The van der Waals surface area contributed by atoms with Gasteiger partial charge in [-0.05, 0) is 30.9 Å². The van der Waals surface area contributed by atoms with E-state index in [9.17, 15) is 5.11 Å². The lowest BCUT2D eigenvalue weighted by Crippen LogP contribution is -2.58. The molecule has 7 nitrogen and oxygen atoms in total. The summed E-state index contributed by atoms with van der Waals surface area (Å²) in [5.74, 6) is 0. The summed E-state index contributed by atoms with van der Waals surface area (Å²) in [6.45, 7) is 7.48. The van der Waals surface area contributed by atoms with Crippen molar-refractivity contribution in [3.8, 4) is 31.6 Å². The van der Waals surface area contributed by atoms with Crippen LogP contribution < -0.4 is 16.4 Å². The fourth-order valence-electron chi connectivity index (χ4n) is 5.73. The van der Waals surface area contributed by atoms with Crippen LogP contribution in [-0.2, 0) is 5.54 Å². The molecule has 6 rings (SSSR count). The third-order valence-corrected chi connectivity index (χ3v) is 9.91. The summed E-state index contributed by atoms with van der Waals surface area (Å²) < 4.78 is 0. The lowest BCUT2D eigenvalue weighted by molar-refractivity contribution is -0.0738. The molecule has 4 aromatic rings. The minimum Gasteiger partial charge on any atom is -0.390 e. The fraction of sp³-hybridized carbons (Fsp3) is 0.379. The summed E-state index contributed by atoms with van der Waals surface area (Å²) in [5, 5.41) is 12.3. The second kappa shape index (κ2) is 10.1. The molecule has 0 atom stereocenters. The summed E-state index contributed by atoms with van der Waals surface area (Å²) in [5.41, 5.74) is 15.4. The van der Waals surface area contributed by atoms with E-state index in [-0.39, 0.29) is 0 Å². The van der Waals surface area contributed by atoms with Crippen molar-refractivity contribution in [3.63, 3.8) is 0 Å². The Bertz CT molecular complexity index is 1380. The highest BCUT2D eigenvalue weighted by Crippen LogP contribution is 2.47. The van der Waals surface area contributed by atoms with Gasteiger partial charge in [-0.3, -0.25) is 4.90 Å². The number of hydrogen-bond donors (Lipinski definition) is 3. The van der Waals surface area contributed by atoms with E-state index in [4.69, 9.17) is 21.4 Å². The predicted octanol–water partition coefficient (Wildman–Crippen LogP) is 4.38. The first-order chi connectivity index (χ1) is 18.3. The zero-order chi connectivity index (χ0) is 26.3. The number of benzene rings is 2. The van der Waals surface area contributed by atoms with Crippen molar-refractivity contribution in [2.24, 2.45) is 11.5 Å². The molecule has 198 valence electrons. The largest absolute Gasteiger partial charge is 0.390 e. The van der Waals surface area contributed by atoms with Crippen LogP contribution in [0.2, 0.25) is 0 Å². The highest BCUT2D eigenvalue weighted by Gasteiger charge is 2.49. The van der Waals surface area contributed by atoms with E-state index in [1.54, 1.807) is 22.7 Å². The van der Waals surface area contributed by atoms with Crippen molar-refractivity contribution in [2.75, 3.05) is 44.2 Å². The molecule has 2 aliphatic rings. The van der Waals surface area contributed by atoms with Crippen LogP contribution in [0.4, 0.5) is 5.13 Å². The number of thiazole rings is 2. The number of nitrogens with zero attached hydrogens (tertiary/aromatic N) is 4. The lowest BCUT2D eigenvalue weighted by Gasteiger charge is -2.49. The molecule has 0 amide bonds. The van der Waals surface area contributed by atoms with Gasteiger partial charge in [0.25, 0.3) is 0 Å². The summed E-state index contributed by atoms with van der Waals surface area (Å²) in [6.07, 6.45) is 3.11. The molecule has 1 aliphatic carbocycles. The number of aliphatic hydroxyl groups is 1. The summed E-state index contributed by atoms with van der Waals surface area (Å²) in [4.78, 5) is 16.9. The average Bonchev–Trinajstić information content (AvgIpc) is 3.57. The average molecular weight is 547 g/mol. The van der Waals surface area contributed by atoms with Crippen molar-refractivity contribution < 1.29 is 5.11 Å². The van der Waals surface area contributed by atoms with Gasteiger partial charge in [0.1, 0.15) is 5.01 Å². The zero-order valence-corrected chi connectivity index (χ0v) is 23.3. The standard InChI is InChI=1S/C29H34N6OS2/c1-28(36)18-29(31,19-28)22-9-7-20(8-10-22)24-25(21-5-3-2-4-6-21)38-26(33-24)23-17-32-27(37-23)35-15-13-34(12-11-30)14-16-35/h2-10,17,36H,11-16,18-19,30-31H2,1H3/t28-,29+. The minimum absolute atomic E-state index is 0.466.